The Hall–Kier alpha value is -2.70. The van der Waals surface area contributed by atoms with Crippen molar-refractivity contribution < 1.29 is 14.6 Å². The highest BCUT2D eigenvalue weighted by Crippen LogP contribution is 2.13. The van der Waals surface area contributed by atoms with Crippen LogP contribution < -0.4 is 4.74 Å². The molecule has 7 nitrogen and oxygen atoms in total. The Balaban J connectivity index is 2.00. The van der Waals surface area contributed by atoms with Gasteiger partial charge in [-0.25, -0.2) is 9.47 Å². The van der Waals surface area contributed by atoms with Gasteiger partial charge in [-0.1, -0.05) is 0 Å². The molecular formula is C12H12N4O3. The zero-order valence-corrected chi connectivity index (χ0v) is 10.2. The van der Waals surface area contributed by atoms with E-state index in [1.165, 1.54) is 24.3 Å². The molecule has 1 aromatic carbocycles. The molecule has 19 heavy (non-hydrogen) atoms. The Bertz CT molecular complexity index is 563. The van der Waals surface area contributed by atoms with Crippen LogP contribution in [0, 0.1) is 0 Å². The van der Waals surface area contributed by atoms with E-state index in [0.717, 1.165) is 5.56 Å². The molecule has 0 radical (unpaired) electrons. The van der Waals surface area contributed by atoms with Gasteiger partial charge in [-0.05, 0) is 36.8 Å². The van der Waals surface area contributed by atoms with Crippen molar-refractivity contribution in [2.75, 3.05) is 0 Å². The van der Waals surface area contributed by atoms with Gasteiger partial charge in [0, 0.05) is 0 Å². The Morgan fingerprint density at radius 3 is 2.58 bits per heavy atom. The van der Waals surface area contributed by atoms with Crippen molar-refractivity contribution in [3.05, 3.63) is 42.5 Å². The molecule has 7 heteroatoms. The number of carboxylic acids is 1. The SMILES string of the molecule is CC(Oc1ccc(C=Nn2cnnc2)cc1)C(=O)O. The standard InChI is InChI=1S/C12H12N4O3/c1-9(12(17)18)19-11-4-2-10(3-5-11)6-15-16-7-13-14-8-16/h2-9H,1H3,(H,17,18). The first-order chi connectivity index (χ1) is 9.15. The molecule has 1 atom stereocenters. The summed E-state index contributed by atoms with van der Waals surface area (Å²) in [5, 5.41) is 20.1. The number of benzene rings is 1. The van der Waals surface area contributed by atoms with Crippen LogP contribution in [0.1, 0.15) is 12.5 Å². The summed E-state index contributed by atoms with van der Waals surface area (Å²) in [4.78, 5) is 10.6. The zero-order valence-electron chi connectivity index (χ0n) is 10.2. The number of aliphatic carboxylic acids is 1. The van der Waals surface area contributed by atoms with E-state index in [4.69, 9.17) is 9.84 Å². The Morgan fingerprint density at radius 2 is 2.00 bits per heavy atom. The van der Waals surface area contributed by atoms with Crippen LogP contribution in [0.25, 0.3) is 0 Å². The summed E-state index contributed by atoms with van der Waals surface area (Å²) in [6, 6.07) is 6.93. The number of ether oxygens (including phenoxy) is 1. The molecule has 1 N–H and O–H groups in total. The highest BCUT2D eigenvalue weighted by atomic mass is 16.5. The second kappa shape index (κ2) is 5.76. The fourth-order valence-electron chi connectivity index (χ4n) is 1.28. The van der Waals surface area contributed by atoms with Crippen LogP contribution >= 0.6 is 0 Å². The summed E-state index contributed by atoms with van der Waals surface area (Å²) >= 11 is 0. The molecule has 1 aromatic heterocycles. The van der Waals surface area contributed by atoms with Crippen molar-refractivity contribution >= 4 is 12.2 Å². The molecule has 0 fully saturated rings. The van der Waals surface area contributed by atoms with Crippen LogP contribution in [-0.2, 0) is 4.79 Å². The maximum absolute atomic E-state index is 10.6. The predicted octanol–water partition coefficient (Wildman–Crippen LogP) is 1.01. The number of rotatable bonds is 5. The Labute approximate surface area is 109 Å². The Morgan fingerprint density at radius 1 is 1.37 bits per heavy atom. The molecule has 0 aliphatic rings. The van der Waals surface area contributed by atoms with Gasteiger partial charge in [-0.3, -0.25) is 0 Å². The molecule has 2 aromatic rings. The summed E-state index contributed by atoms with van der Waals surface area (Å²) in [5.41, 5.74) is 0.851. The van der Waals surface area contributed by atoms with E-state index in [0.29, 0.717) is 5.75 Å². The van der Waals surface area contributed by atoms with Gasteiger partial charge < -0.3 is 9.84 Å². The second-order valence-electron chi connectivity index (χ2n) is 3.75. The van der Waals surface area contributed by atoms with E-state index in [1.54, 1.807) is 30.5 Å². The van der Waals surface area contributed by atoms with E-state index in [-0.39, 0.29) is 0 Å². The van der Waals surface area contributed by atoms with Crippen LogP contribution in [0.4, 0.5) is 0 Å². The van der Waals surface area contributed by atoms with Gasteiger partial charge in [-0.15, -0.1) is 10.2 Å². The van der Waals surface area contributed by atoms with E-state index in [9.17, 15) is 4.79 Å². The minimum absolute atomic E-state index is 0.497. The van der Waals surface area contributed by atoms with Crippen molar-refractivity contribution in [1.29, 1.82) is 0 Å². The molecule has 0 amide bonds. The summed E-state index contributed by atoms with van der Waals surface area (Å²) in [7, 11) is 0. The maximum atomic E-state index is 10.6. The lowest BCUT2D eigenvalue weighted by Crippen LogP contribution is -2.22. The molecule has 0 aliphatic heterocycles. The van der Waals surface area contributed by atoms with Gasteiger partial charge in [0.25, 0.3) is 0 Å². The second-order valence-corrected chi connectivity index (χ2v) is 3.75. The zero-order chi connectivity index (χ0) is 13.7. The highest BCUT2D eigenvalue weighted by Gasteiger charge is 2.11. The van der Waals surface area contributed by atoms with E-state index >= 15 is 0 Å². The van der Waals surface area contributed by atoms with Crippen molar-refractivity contribution in [3.8, 4) is 5.75 Å². The third kappa shape index (κ3) is 3.63. The fourth-order valence-corrected chi connectivity index (χ4v) is 1.28. The van der Waals surface area contributed by atoms with Crippen LogP contribution in [0.2, 0.25) is 0 Å². The van der Waals surface area contributed by atoms with Gasteiger partial charge in [0.1, 0.15) is 18.4 Å². The smallest absolute Gasteiger partial charge is 0.344 e. The van der Waals surface area contributed by atoms with Crippen LogP contribution in [0.5, 0.6) is 5.75 Å². The van der Waals surface area contributed by atoms with Gasteiger partial charge in [0.2, 0.25) is 0 Å². The first-order valence-corrected chi connectivity index (χ1v) is 5.53. The van der Waals surface area contributed by atoms with Gasteiger partial charge in [0.05, 0.1) is 6.21 Å². The molecule has 1 heterocycles. The largest absolute Gasteiger partial charge is 0.479 e. The third-order valence-electron chi connectivity index (χ3n) is 2.29. The van der Waals surface area contributed by atoms with E-state index < -0.39 is 12.1 Å². The van der Waals surface area contributed by atoms with Crippen molar-refractivity contribution in [2.24, 2.45) is 5.10 Å². The fraction of sp³-hybridized carbons (Fsp3) is 0.167. The molecule has 1 unspecified atom stereocenters. The number of carboxylic acid groups (broad SMARTS) is 1. The lowest BCUT2D eigenvalue weighted by atomic mass is 10.2. The Kier molecular flexibility index (Phi) is 3.87. The number of aromatic nitrogens is 3. The quantitative estimate of drug-likeness (QED) is 0.810. The average molecular weight is 260 g/mol. The van der Waals surface area contributed by atoms with Gasteiger partial charge in [-0.2, -0.15) is 5.10 Å². The van der Waals surface area contributed by atoms with Crippen molar-refractivity contribution in [2.45, 2.75) is 13.0 Å². The normalized spacial score (nSPS) is 12.5. The minimum atomic E-state index is -1.00. The number of hydrogen-bond donors (Lipinski definition) is 1. The van der Waals surface area contributed by atoms with Gasteiger partial charge in [0.15, 0.2) is 6.10 Å². The van der Waals surface area contributed by atoms with Crippen LogP contribution in [-0.4, -0.2) is 38.3 Å². The first-order valence-electron chi connectivity index (χ1n) is 5.53. The number of carbonyl (C=O) groups is 1. The molecule has 0 saturated carbocycles. The first kappa shape index (κ1) is 12.7. The van der Waals surface area contributed by atoms with Crippen molar-refractivity contribution in [1.82, 2.24) is 14.9 Å². The molecule has 0 bridgehead atoms. The van der Waals surface area contributed by atoms with Crippen LogP contribution in [0.15, 0.2) is 42.0 Å². The molecule has 2 rings (SSSR count). The number of hydrogen-bond acceptors (Lipinski definition) is 5. The van der Waals surface area contributed by atoms with E-state index in [1.807, 2.05) is 0 Å². The maximum Gasteiger partial charge on any atom is 0.344 e. The summed E-state index contributed by atoms with van der Waals surface area (Å²) in [6.45, 7) is 1.48. The summed E-state index contributed by atoms with van der Waals surface area (Å²) in [5.74, 6) is -0.505. The molecule has 0 aliphatic carbocycles. The lowest BCUT2D eigenvalue weighted by Gasteiger charge is -2.09. The molecule has 0 saturated heterocycles. The summed E-state index contributed by atoms with van der Waals surface area (Å²) in [6.07, 6.45) is 3.70. The molecule has 98 valence electrons. The predicted molar refractivity (Wildman–Crippen MR) is 67.2 cm³/mol. The van der Waals surface area contributed by atoms with Crippen LogP contribution in [0.3, 0.4) is 0 Å². The third-order valence-corrected chi connectivity index (χ3v) is 2.29. The monoisotopic (exact) mass is 260 g/mol. The summed E-state index contributed by atoms with van der Waals surface area (Å²) < 4.78 is 6.68. The van der Waals surface area contributed by atoms with Gasteiger partial charge >= 0.3 is 5.97 Å². The van der Waals surface area contributed by atoms with Crippen molar-refractivity contribution in [3.63, 3.8) is 0 Å². The molecule has 0 spiro atoms. The molecular weight excluding hydrogens is 248 g/mol. The minimum Gasteiger partial charge on any atom is -0.479 e. The average Bonchev–Trinajstić information content (AvgIpc) is 2.91. The lowest BCUT2D eigenvalue weighted by molar-refractivity contribution is -0.144. The number of nitrogens with zero attached hydrogens (tertiary/aromatic N) is 4. The topological polar surface area (TPSA) is 89.6 Å². The highest BCUT2D eigenvalue weighted by molar-refractivity contribution is 5.79. The van der Waals surface area contributed by atoms with E-state index in [2.05, 4.69) is 15.3 Å².